The second-order valence-corrected chi connectivity index (χ2v) is 4.14. The lowest BCUT2D eigenvalue weighted by Gasteiger charge is -2.06. The lowest BCUT2D eigenvalue weighted by Crippen LogP contribution is -1.97. The standard InChI is InChI=1S/C12H8ClN5O/c13-12-17-10-9(14-6-15-10)11(18-12)16-8-3-1-7(5-19)2-4-8/h1-6H,(H2,14,15,16,17,18). The van der Waals surface area contributed by atoms with Gasteiger partial charge in [-0.15, -0.1) is 0 Å². The molecule has 0 bridgehead atoms. The molecule has 0 aliphatic heterocycles. The summed E-state index contributed by atoms with van der Waals surface area (Å²) < 4.78 is 0. The van der Waals surface area contributed by atoms with Gasteiger partial charge in [-0.2, -0.15) is 9.97 Å². The number of carbonyl (C=O) groups is 1. The zero-order valence-electron chi connectivity index (χ0n) is 9.59. The Hall–Kier alpha value is -2.47. The molecule has 2 aromatic heterocycles. The van der Waals surface area contributed by atoms with Gasteiger partial charge in [0.1, 0.15) is 6.29 Å². The predicted molar refractivity (Wildman–Crippen MR) is 71.8 cm³/mol. The van der Waals surface area contributed by atoms with Gasteiger partial charge in [-0.3, -0.25) is 4.79 Å². The minimum absolute atomic E-state index is 0.128. The molecule has 0 atom stereocenters. The van der Waals surface area contributed by atoms with Gasteiger partial charge < -0.3 is 10.3 Å². The Bertz CT molecular complexity index is 737. The molecular weight excluding hydrogens is 266 g/mol. The largest absolute Gasteiger partial charge is 0.338 e. The van der Waals surface area contributed by atoms with Crippen LogP contribution in [0.25, 0.3) is 11.2 Å². The molecular formula is C12H8ClN5O. The number of hydrogen-bond donors (Lipinski definition) is 2. The first kappa shape index (κ1) is 11.6. The summed E-state index contributed by atoms with van der Waals surface area (Å²) in [6, 6.07) is 6.97. The van der Waals surface area contributed by atoms with E-state index in [9.17, 15) is 4.79 Å². The van der Waals surface area contributed by atoms with Crippen LogP contribution in [0.15, 0.2) is 30.6 Å². The monoisotopic (exact) mass is 273 g/mol. The van der Waals surface area contributed by atoms with Crippen molar-refractivity contribution < 1.29 is 4.79 Å². The first-order chi connectivity index (χ1) is 9.26. The molecule has 1 aromatic carbocycles. The molecule has 7 heteroatoms. The summed E-state index contributed by atoms with van der Waals surface area (Å²) in [4.78, 5) is 25.7. The highest BCUT2D eigenvalue weighted by atomic mass is 35.5. The van der Waals surface area contributed by atoms with Crippen molar-refractivity contribution in [2.75, 3.05) is 5.32 Å². The Morgan fingerprint density at radius 1 is 1.21 bits per heavy atom. The summed E-state index contributed by atoms with van der Waals surface area (Å²) in [6.07, 6.45) is 2.31. The zero-order valence-corrected chi connectivity index (χ0v) is 10.3. The quantitative estimate of drug-likeness (QED) is 0.566. The van der Waals surface area contributed by atoms with Crippen LogP contribution in [0.1, 0.15) is 10.4 Å². The summed E-state index contributed by atoms with van der Waals surface area (Å²) in [5.74, 6) is 0.509. The van der Waals surface area contributed by atoms with E-state index >= 15 is 0 Å². The third-order valence-electron chi connectivity index (χ3n) is 2.56. The third-order valence-corrected chi connectivity index (χ3v) is 2.73. The number of nitrogens with one attached hydrogen (secondary N) is 2. The van der Waals surface area contributed by atoms with Crippen LogP contribution in [0.3, 0.4) is 0 Å². The molecule has 6 nitrogen and oxygen atoms in total. The zero-order chi connectivity index (χ0) is 13.2. The van der Waals surface area contributed by atoms with Gasteiger partial charge >= 0.3 is 0 Å². The molecule has 0 saturated carbocycles. The van der Waals surface area contributed by atoms with Gasteiger partial charge in [-0.05, 0) is 35.9 Å². The van der Waals surface area contributed by atoms with E-state index in [2.05, 4.69) is 25.3 Å². The minimum Gasteiger partial charge on any atom is -0.338 e. The minimum atomic E-state index is 0.128. The van der Waals surface area contributed by atoms with Crippen molar-refractivity contribution in [2.45, 2.75) is 0 Å². The van der Waals surface area contributed by atoms with Crippen LogP contribution < -0.4 is 5.32 Å². The SMILES string of the molecule is O=Cc1ccc(Nc2nc(Cl)nc3[nH]cnc23)cc1. The van der Waals surface area contributed by atoms with Gasteiger partial charge in [0.2, 0.25) is 5.28 Å². The molecule has 0 amide bonds. The van der Waals surface area contributed by atoms with Crippen molar-refractivity contribution in [1.82, 2.24) is 19.9 Å². The number of aromatic nitrogens is 4. The first-order valence-electron chi connectivity index (χ1n) is 5.45. The number of rotatable bonds is 3. The van der Waals surface area contributed by atoms with Crippen LogP contribution in [-0.2, 0) is 0 Å². The molecule has 0 saturated heterocycles. The van der Waals surface area contributed by atoms with Crippen molar-refractivity contribution >= 4 is 40.6 Å². The molecule has 0 spiro atoms. The van der Waals surface area contributed by atoms with Crippen LogP contribution >= 0.6 is 11.6 Å². The summed E-state index contributed by atoms with van der Waals surface area (Å²) in [6.45, 7) is 0. The van der Waals surface area contributed by atoms with Crippen molar-refractivity contribution in [1.29, 1.82) is 0 Å². The number of anilines is 2. The highest BCUT2D eigenvalue weighted by molar-refractivity contribution is 6.28. The molecule has 0 fully saturated rings. The van der Waals surface area contributed by atoms with E-state index in [4.69, 9.17) is 11.6 Å². The molecule has 0 aliphatic carbocycles. The fourth-order valence-corrected chi connectivity index (χ4v) is 1.85. The van der Waals surface area contributed by atoms with E-state index < -0.39 is 0 Å². The molecule has 19 heavy (non-hydrogen) atoms. The number of nitrogens with zero attached hydrogens (tertiary/aromatic N) is 3. The number of imidazole rings is 1. The number of aromatic amines is 1. The second-order valence-electron chi connectivity index (χ2n) is 3.81. The smallest absolute Gasteiger partial charge is 0.226 e. The highest BCUT2D eigenvalue weighted by Crippen LogP contribution is 2.22. The summed E-state index contributed by atoms with van der Waals surface area (Å²) in [5.41, 5.74) is 2.55. The predicted octanol–water partition coefficient (Wildman–Crippen LogP) is 2.56. The molecule has 0 unspecified atom stereocenters. The Labute approximate surface area is 112 Å². The Morgan fingerprint density at radius 3 is 2.74 bits per heavy atom. The Morgan fingerprint density at radius 2 is 2.00 bits per heavy atom. The number of H-pyrrole nitrogens is 1. The fourth-order valence-electron chi connectivity index (χ4n) is 1.68. The van der Waals surface area contributed by atoms with Gasteiger partial charge in [0.15, 0.2) is 17.0 Å². The summed E-state index contributed by atoms with van der Waals surface area (Å²) in [7, 11) is 0. The first-order valence-corrected chi connectivity index (χ1v) is 5.83. The van der Waals surface area contributed by atoms with Crippen LogP contribution in [-0.4, -0.2) is 26.2 Å². The topological polar surface area (TPSA) is 83.6 Å². The van der Waals surface area contributed by atoms with Crippen molar-refractivity contribution in [3.8, 4) is 0 Å². The van der Waals surface area contributed by atoms with Gasteiger partial charge in [0.05, 0.1) is 6.33 Å². The molecule has 3 rings (SSSR count). The van der Waals surface area contributed by atoms with E-state index in [-0.39, 0.29) is 5.28 Å². The molecule has 3 aromatic rings. The fraction of sp³-hybridized carbons (Fsp3) is 0. The van der Waals surface area contributed by atoms with Gasteiger partial charge in [-0.1, -0.05) is 0 Å². The average molecular weight is 274 g/mol. The maximum Gasteiger partial charge on any atom is 0.226 e. The van der Waals surface area contributed by atoms with Gasteiger partial charge in [0.25, 0.3) is 0 Å². The van der Waals surface area contributed by atoms with Gasteiger partial charge in [-0.25, -0.2) is 4.98 Å². The van der Waals surface area contributed by atoms with Crippen LogP contribution in [0.5, 0.6) is 0 Å². The third kappa shape index (κ3) is 2.25. The van der Waals surface area contributed by atoms with E-state index in [1.54, 1.807) is 24.3 Å². The Kier molecular flexibility index (Phi) is 2.85. The Balaban J connectivity index is 1.99. The number of fused-ring (bicyclic) bond motifs is 1. The summed E-state index contributed by atoms with van der Waals surface area (Å²) >= 11 is 5.84. The normalized spacial score (nSPS) is 10.6. The lowest BCUT2D eigenvalue weighted by atomic mass is 10.2. The molecule has 94 valence electrons. The molecule has 0 radical (unpaired) electrons. The number of benzene rings is 1. The lowest BCUT2D eigenvalue weighted by molar-refractivity contribution is 0.112. The van der Waals surface area contributed by atoms with Crippen LogP contribution in [0.2, 0.25) is 5.28 Å². The van der Waals surface area contributed by atoms with Crippen molar-refractivity contribution in [3.05, 3.63) is 41.4 Å². The van der Waals surface area contributed by atoms with Crippen LogP contribution in [0, 0.1) is 0 Å². The maximum absolute atomic E-state index is 10.6. The molecule has 0 aliphatic rings. The van der Waals surface area contributed by atoms with E-state index in [1.807, 2.05) is 0 Å². The number of hydrogen-bond acceptors (Lipinski definition) is 5. The van der Waals surface area contributed by atoms with E-state index in [0.717, 1.165) is 12.0 Å². The van der Waals surface area contributed by atoms with Crippen molar-refractivity contribution in [3.63, 3.8) is 0 Å². The summed E-state index contributed by atoms with van der Waals surface area (Å²) in [5, 5.41) is 3.22. The molecule has 2 heterocycles. The number of halogens is 1. The maximum atomic E-state index is 10.6. The average Bonchev–Trinajstić information content (AvgIpc) is 2.88. The van der Waals surface area contributed by atoms with Gasteiger partial charge in [0, 0.05) is 11.3 Å². The second kappa shape index (κ2) is 4.66. The molecule has 2 N–H and O–H groups in total. The van der Waals surface area contributed by atoms with Crippen LogP contribution in [0.4, 0.5) is 11.5 Å². The number of carbonyl (C=O) groups excluding carboxylic acids is 1. The van der Waals surface area contributed by atoms with E-state index in [0.29, 0.717) is 22.5 Å². The highest BCUT2D eigenvalue weighted by Gasteiger charge is 2.09. The van der Waals surface area contributed by atoms with Crippen molar-refractivity contribution in [2.24, 2.45) is 0 Å². The van der Waals surface area contributed by atoms with E-state index in [1.165, 1.54) is 6.33 Å². The number of aldehydes is 1.